The fourth-order valence-electron chi connectivity index (χ4n) is 5.27. The molecule has 2 aliphatic rings. The van der Waals surface area contributed by atoms with Crippen molar-refractivity contribution in [3.63, 3.8) is 0 Å². The zero-order chi connectivity index (χ0) is 24.6. The number of ketones is 1. The van der Waals surface area contributed by atoms with Crippen LogP contribution in [0.25, 0.3) is 5.76 Å². The molecule has 5 heteroatoms. The molecule has 180 valence electrons. The van der Waals surface area contributed by atoms with Gasteiger partial charge < -0.3 is 14.7 Å². The molecule has 2 aromatic carbocycles. The Bertz CT molecular complexity index is 1120. The molecule has 1 unspecified atom stereocenters. The van der Waals surface area contributed by atoms with Crippen molar-refractivity contribution in [1.82, 2.24) is 4.90 Å². The van der Waals surface area contributed by atoms with Crippen molar-refractivity contribution in [2.24, 2.45) is 0 Å². The van der Waals surface area contributed by atoms with E-state index in [1.165, 1.54) is 5.56 Å². The van der Waals surface area contributed by atoms with Crippen LogP contribution in [0.4, 0.5) is 0 Å². The first-order valence-electron chi connectivity index (χ1n) is 12.2. The maximum atomic E-state index is 13.4. The van der Waals surface area contributed by atoms with Crippen LogP contribution in [0, 0.1) is 0 Å². The van der Waals surface area contributed by atoms with Gasteiger partial charge in [-0.15, -0.1) is 0 Å². The maximum Gasteiger partial charge on any atom is 0.295 e. The Labute approximate surface area is 202 Å². The molecular formula is C29H35NO4. The third kappa shape index (κ3) is 4.24. The minimum atomic E-state index is -0.609. The van der Waals surface area contributed by atoms with E-state index in [9.17, 15) is 14.7 Å². The average Bonchev–Trinajstić information content (AvgIpc) is 3.44. The SMILES string of the molecule is CCc1ccc(C2/C(=C(/O)c3ccc(OC)c(C(C)(C)C)c3)C(=O)C(=O)N2C2CCCC2)cc1. The van der Waals surface area contributed by atoms with Gasteiger partial charge in [0.25, 0.3) is 11.7 Å². The minimum absolute atomic E-state index is 0.0126. The summed E-state index contributed by atoms with van der Waals surface area (Å²) in [6.45, 7) is 8.31. The van der Waals surface area contributed by atoms with E-state index in [0.29, 0.717) is 5.56 Å². The molecule has 1 saturated heterocycles. The van der Waals surface area contributed by atoms with Crippen molar-refractivity contribution >= 4 is 17.4 Å². The first-order chi connectivity index (χ1) is 16.2. The highest BCUT2D eigenvalue weighted by atomic mass is 16.5. The van der Waals surface area contributed by atoms with E-state index >= 15 is 0 Å². The number of nitrogens with zero attached hydrogens (tertiary/aromatic N) is 1. The van der Waals surface area contributed by atoms with E-state index in [1.807, 2.05) is 36.4 Å². The number of rotatable bonds is 5. The van der Waals surface area contributed by atoms with Crippen LogP contribution in [0.2, 0.25) is 0 Å². The van der Waals surface area contributed by atoms with Gasteiger partial charge in [0.1, 0.15) is 11.5 Å². The lowest BCUT2D eigenvalue weighted by Crippen LogP contribution is -2.37. The Kier molecular flexibility index (Phi) is 6.57. The number of likely N-dealkylation sites (tertiary alicyclic amines) is 1. The van der Waals surface area contributed by atoms with Gasteiger partial charge in [0.15, 0.2) is 0 Å². The van der Waals surface area contributed by atoms with Crippen molar-refractivity contribution in [2.75, 3.05) is 7.11 Å². The van der Waals surface area contributed by atoms with Gasteiger partial charge in [-0.3, -0.25) is 9.59 Å². The molecular weight excluding hydrogens is 426 g/mol. The third-order valence-electron chi connectivity index (χ3n) is 7.18. The molecule has 1 aliphatic heterocycles. The number of carbonyl (C=O) groups excluding carboxylic acids is 2. The van der Waals surface area contributed by atoms with E-state index in [0.717, 1.165) is 49.0 Å². The Hall–Kier alpha value is -3.08. The van der Waals surface area contributed by atoms with Gasteiger partial charge in [0.2, 0.25) is 0 Å². The Morgan fingerprint density at radius 1 is 1.06 bits per heavy atom. The second kappa shape index (κ2) is 9.28. The monoisotopic (exact) mass is 461 g/mol. The van der Waals surface area contributed by atoms with Crippen LogP contribution in [0.3, 0.4) is 0 Å². The number of aliphatic hydroxyl groups excluding tert-OH is 1. The molecule has 2 aromatic rings. The molecule has 1 amide bonds. The summed E-state index contributed by atoms with van der Waals surface area (Å²) >= 11 is 0. The van der Waals surface area contributed by atoms with E-state index in [2.05, 4.69) is 27.7 Å². The van der Waals surface area contributed by atoms with Crippen molar-refractivity contribution < 1.29 is 19.4 Å². The summed E-state index contributed by atoms with van der Waals surface area (Å²) in [4.78, 5) is 28.4. The molecule has 0 bridgehead atoms. The van der Waals surface area contributed by atoms with Crippen molar-refractivity contribution in [3.8, 4) is 5.75 Å². The Morgan fingerprint density at radius 3 is 2.26 bits per heavy atom. The van der Waals surface area contributed by atoms with E-state index in [-0.39, 0.29) is 22.8 Å². The van der Waals surface area contributed by atoms with Crippen LogP contribution < -0.4 is 4.74 Å². The number of aliphatic hydroxyl groups is 1. The number of aryl methyl sites for hydroxylation is 1. The quantitative estimate of drug-likeness (QED) is 0.341. The fraction of sp³-hybridized carbons (Fsp3) is 0.448. The van der Waals surface area contributed by atoms with Gasteiger partial charge in [-0.2, -0.15) is 0 Å². The summed E-state index contributed by atoms with van der Waals surface area (Å²) in [6.07, 6.45) is 4.76. The zero-order valence-electron chi connectivity index (χ0n) is 20.9. The molecule has 1 atom stereocenters. The average molecular weight is 462 g/mol. The van der Waals surface area contributed by atoms with Crippen LogP contribution in [0.1, 0.15) is 81.7 Å². The minimum Gasteiger partial charge on any atom is -0.507 e. The molecule has 1 heterocycles. The zero-order valence-corrected chi connectivity index (χ0v) is 20.9. The molecule has 0 aromatic heterocycles. The Balaban J connectivity index is 1.89. The number of carbonyl (C=O) groups is 2. The number of benzene rings is 2. The van der Waals surface area contributed by atoms with Crippen molar-refractivity contribution in [2.45, 2.75) is 77.3 Å². The van der Waals surface area contributed by atoms with Gasteiger partial charge in [-0.25, -0.2) is 0 Å². The largest absolute Gasteiger partial charge is 0.507 e. The lowest BCUT2D eigenvalue weighted by Gasteiger charge is -2.31. The normalized spacial score (nSPS) is 20.9. The summed E-state index contributed by atoms with van der Waals surface area (Å²) in [5.41, 5.74) is 3.43. The van der Waals surface area contributed by atoms with E-state index < -0.39 is 17.7 Å². The standard InChI is InChI=1S/C29H35NO4/c1-6-18-11-13-19(14-12-18)25-24(27(32)28(33)30(25)21-9-7-8-10-21)26(31)20-15-16-23(34-5)22(17-20)29(2,3)4/h11-17,21,25,31H,6-10H2,1-5H3/b26-24-. The molecule has 5 nitrogen and oxygen atoms in total. The number of Topliss-reactive ketones (excluding diaryl/α,β-unsaturated/α-hetero) is 1. The summed E-state index contributed by atoms with van der Waals surface area (Å²) < 4.78 is 5.54. The maximum absolute atomic E-state index is 13.4. The van der Waals surface area contributed by atoms with Crippen LogP contribution in [0.5, 0.6) is 5.75 Å². The third-order valence-corrected chi connectivity index (χ3v) is 7.18. The van der Waals surface area contributed by atoms with Gasteiger partial charge in [-0.05, 0) is 54.0 Å². The van der Waals surface area contributed by atoms with Crippen LogP contribution in [-0.2, 0) is 21.4 Å². The predicted molar refractivity (Wildman–Crippen MR) is 134 cm³/mol. The first-order valence-corrected chi connectivity index (χ1v) is 12.2. The summed E-state index contributed by atoms with van der Waals surface area (Å²) in [5.74, 6) is -0.525. The molecule has 2 fully saturated rings. The highest BCUT2D eigenvalue weighted by Crippen LogP contribution is 2.44. The smallest absolute Gasteiger partial charge is 0.295 e. The summed E-state index contributed by atoms with van der Waals surface area (Å²) in [5, 5.41) is 11.5. The summed E-state index contributed by atoms with van der Waals surface area (Å²) in [7, 11) is 1.62. The van der Waals surface area contributed by atoms with Gasteiger partial charge in [0.05, 0.1) is 18.7 Å². The number of hydrogen-bond donors (Lipinski definition) is 1. The number of methoxy groups -OCH3 is 1. The molecule has 0 spiro atoms. The molecule has 34 heavy (non-hydrogen) atoms. The molecule has 1 N–H and O–H groups in total. The van der Waals surface area contributed by atoms with Gasteiger partial charge in [0, 0.05) is 17.2 Å². The van der Waals surface area contributed by atoms with Crippen LogP contribution in [-0.4, -0.2) is 34.8 Å². The van der Waals surface area contributed by atoms with E-state index in [4.69, 9.17) is 4.74 Å². The predicted octanol–water partition coefficient (Wildman–Crippen LogP) is 5.92. The van der Waals surface area contributed by atoms with Gasteiger partial charge in [-0.1, -0.05) is 64.8 Å². The van der Waals surface area contributed by atoms with Crippen LogP contribution in [0.15, 0.2) is 48.0 Å². The van der Waals surface area contributed by atoms with Crippen LogP contribution >= 0.6 is 0 Å². The fourth-order valence-corrected chi connectivity index (χ4v) is 5.27. The molecule has 4 rings (SSSR count). The highest BCUT2D eigenvalue weighted by Gasteiger charge is 2.49. The second-order valence-electron chi connectivity index (χ2n) is 10.4. The topological polar surface area (TPSA) is 66.8 Å². The van der Waals surface area contributed by atoms with Gasteiger partial charge >= 0.3 is 0 Å². The van der Waals surface area contributed by atoms with E-state index in [1.54, 1.807) is 18.1 Å². The summed E-state index contributed by atoms with van der Waals surface area (Å²) in [6, 6.07) is 12.9. The highest BCUT2D eigenvalue weighted by molar-refractivity contribution is 6.46. The molecule has 1 saturated carbocycles. The Morgan fingerprint density at radius 2 is 1.71 bits per heavy atom. The van der Waals surface area contributed by atoms with Crippen molar-refractivity contribution in [3.05, 3.63) is 70.3 Å². The number of ether oxygens (including phenoxy) is 1. The molecule has 1 aliphatic carbocycles. The second-order valence-corrected chi connectivity index (χ2v) is 10.4. The molecule has 0 radical (unpaired) electrons. The van der Waals surface area contributed by atoms with Crippen molar-refractivity contribution in [1.29, 1.82) is 0 Å². The first kappa shape index (κ1) is 24.1. The lowest BCUT2D eigenvalue weighted by atomic mass is 9.84. The number of hydrogen-bond acceptors (Lipinski definition) is 4. The number of amides is 1. The lowest BCUT2D eigenvalue weighted by molar-refractivity contribution is -0.141.